The zero-order valence-corrected chi connectivity index (χ0v) is 13.8. The van der Waals surface area contributed by atoms with Gasteiger partial charge in [-0.3, -0.25) is 10.1 Å². The Morgan fingerprint density at radius 1 is 0.962 bits per heavy atom. The van der Waals surface area contributed by atoms with Crippen LogP contribution in [-0.4, -0.2) is 25.3 Å². The number of phenolic OH excluding ortho intramolecular Hbond substituents is 1. The van der Waals surface area contributed by atoms with E-state index in [1.54, 1.807) is 24.4 Å². The average Bonchev–Trinajstić information content (AvgIpc) is 3.18. The predicted octanol–water partition coefficient (Wildman–Crippen LogP) is 3.82. The number of pyridine rings is 1. The third kappa shape index (κ3) is 3.39. The molecular weight excluding hydrogens is 328 g/mol. The zero-order chi connectivity index (χ0) is 17.8. The smallest absolute Gasteiger partial charge is 0.185 e. The summed E-state index contributed by atoms with van der Waals surface area (Å²) in [7, 11) is 0. The monoisotopic (exact) mass is 344 g/mol. The fraction of sp³-hybridized carbons (Fsp3) is 0.0500. The van der Waals surface area contributed by atoms with Crippen LogP contribution < -0.4 is 4.74 Å². The van der Waals surface area contributed by atoms with Crippen molar-refractivity contribution in [3.63, 3.8) is 0 Å². The molecule has 4 aromatic rings. The van der Waals surface area contributed by atoms with Crippen molar-refractivity contribution in [2.45, 2.75) is 6.61 Å². The molecule has 4 rings (SSSR count). The van der Waals surface area contributed by atoms with Gasteiger partial charge in [-0.1, -0.05) is 36.4 Å². The Bertz CT molecular complexity index is 1000. The van der Waals surface area contributed by atoms with E-state index < -0.39 is 0 Å². The largest absolute Gasteiger partial charge is 0.507 e. The molecule has 0 spiro atoms. The first-order valence-corrected chi connectivity index (χ1v) is 8.13. The van der Waals surface area contributed by atoms with Crippen LogP contribution in [0.4, 0.5) is 0 Å². The van der Waals surface area contributed by atoms with Gasteiger partial charge in [0.05, 0.1) is 5.56 Å². The molecule has 128 valence electrons. The van der Waals surface area contributed by atoms with Crippen molar-refractivity contribution in [3.8, 4) is 34.4 Å². The highest BCUT2D eigenvalue weighted by molar-refractivity contribution is 5.66. The lowest BCUT2D eigenvalue weighted by atomic mass is 10.2. The Morgan fingerprint density at radius 3 is 2.58 bits per heavy atom. The van der Waals surface area contributed by atoms with E-state index in [0.29, 0.717) is 35.3 Å². The van der Waals surface area contributed by atoms with Crippen molar-refractivity contribution in [1.82, 2.24) is 20.2 Å². The number of aromatic amines is 1. The van der Waals surface area contributed by atoms with Crippen molar-refractivity contribution in [2.24, 2.45) is 0 Å². The van der Waals surface area contributed by atoms with E-state index in [1.807, 2.05) is 48.5 Å². The molecule has 26 heavy (non-hydrogen) atoms. The Balaban J connectivity index is 1.52. The van der Waals surface area contributed by atoms with Gasteiger partial charge in [0.1, 0.15) is 23.8 Å². The van der Waals surface area contributed by atoms with Crippen molar-refractivity contribution in [1.29, 1.82) is 0 Å². The second kappa shape index (κ2) is 7.06. The molecule has 0 aliphatic rings. The van der Waals surface area contributed by atoms with Crippen LogP contribution in [0.2, 0.25) is 0 Å². The fourth-order valence-corrected chi connectivity index (χ4v) is 2.53. The number of ether oxygens (including phenoxy) is 1. The molecule has 0 amide bonds. The van der Waals surface area contributed by atoms with Gasteiger partial charge in [-0.05, 0) is 29.8 Å². The van der Waals surface area contributed by atoms with Crippen molar-refractivity contribution < 1.29 is 9.84 Å². The van der Waals surface area contributed by atoms with E-state index >= 15 is 0 Å². The Kier molecular flexibility index (Phi) is 4.30. The molecule has 2 aromatic heterocycles. The number of hydrogen-bond donors (Lipinski definition) is 2. The molecule has 0 atom stereocenters. The minimum absolute atomic E-state index is 0.0575. The second-order valence-corrected chi connectivity index (χ2v) is 5.68. The van der Waals surface area contributed by atoms with Gasteiger partial charge in [0.15, 0.2) is 11.6 Å². The van der Waals surface area contributed by atoms with Crippen molar-refractivity contribution >= 4 is 0 Å². The molecule has 0 unspecified atom stereocenters. The van der Waals surface area contributed by atoms with E-state index in [0.717, 1.165) is 5.56 Å². The summed E-state index contributed by atoms with van der Waals surface area (Å²) >= 11 is 0. The number of nitrogens with zero attached hydrogens (tertiary/aromatic N) is 3. The van der Waals surface area contributed by atoms with Crippen LogP contribution in [0.1, 0.15) is 5.56 Å². The summed E-state index contributed by atoms with van der Waals surface area (Å²) in [5.41, 5.74) is 2.27. The molecule has 2 N–H and O–H groups in total. The van der Waals surface area contributed by atoms with Gasteiger partial charge in [-0.25, -0.2) is 4.98 Å². The molecule has 6 nitrogen and oxygen atoms in total. The molecule has 0 saturated carbocycles. The number of hydrogen-bond acceptors (Lipinski definition) is 5. The number of aromatic nitrogens is 4. The maximum absolute atomic E-state index is 10.3. The first kappa shape index (κ1) is 15.8. The van der Waals surface area contributed by atoms with Gasteiger partial charge < -0.3 is 9.84 Å². The highest BCUT2D eigenvalue weighted by atomic mass is 16.5. The van der Waals surface area contributed by atoms with E-state index in [9.17, 15) is 5.11 Å². The van der Waals surface area contributed by atoms with Crippen molar-refractivity contribution in [2.75, 3.05) is 0 Å². The third-order valence-corrected chi connectivity index (χ3v) is 3.85. The lowest BCUT2D eigenvalue weighted by Crippen LogP contribution is -1.95. The van der Waals surface area contributed by atoms with Gasteiger partial charge >= 0.3 is 0 Å². The maximum atomic E-state index is 10.3. The SMILES string of the molecule is Oc1cc(OCc2ccccc2)ccc1-c1n[nH]c(-c2ccccn2)n1. The molecule has 6 heteroatoms. The number of H-pyrrole nitrogens is 1. The first-order valence-electron chi connectivity index (χ1n) is 8.13. The first-order chi connectivity index (χ1) is 12.8. The summed E-state index contributed by atoms with van der Waals surface area (Å²) in [6, 6.07) is 20.5. The minimum atomic E-state index is 0.0575. The predicted molar refractivity (Wildman–Crippen MR) is 97.5 cm³/mol. The molecule has 2 aromatic carbocycles. The molecule has 0 bridgehead atoms. The third-order valence-electron chi connectivity index (χ3n) is 3.85. The van der Waals surface area contributed by atoms with E-state index in [2.05, 4.69) is 20.2 Å². The number of benzene rings is 2. The van der Waals surface area contributed by atoms with Gasteiger partial charge in [-0.15, -0.1) is 0 Å². The maximum Gasteiger partial charge on any atom is 0.185 e. The van der Waals surface area contributed by atoms with Crippen LogP contribution in [-0.2, 0) is 6.61 Å². The van der Waals surface area contributed by atoms with Crippen LogP contribution in [0.25, 0.3) is 22.9 Å². The Morgan fingerprint density at radius 2 is 1.81 bits per heavy atom. The number of phenols is 1. The quantitative estimate of drug-likeness (QED) is 0.575. The second-order valence-electron chi connectivity index (χ2n) is 5.68. The number of nitrogens with one attached hydrogen (secondary N) is 1. The lowest BCUT2D eigenvalue weighted by molar-refractivity contribution is 0.304. The molecule has 0 radical (unpaired) electrons. The summed E-state index contributed by atoms with van der Waals surface area (Å²) < 4.78 is 5.72. The molecule has 2 heterocycles. The summed E-state index contributed by atoms with van der Waals surface area (Å²) in [6.45, 7) is 0.435. The normalized spacial score (nSPS) is 10.6. The minimum Gasteiger partial charge on any atom is -0.507 e. The van der Waals surface area contributed by atoms with Crippen LogP contribution in [0.3, 0.4) is 0 Å². The van der Waals surface area contributed by atoms with E-state index in [4.69, 9.17) is 4.74 Å². The van der Waals surface area contributed by atoms with E-state index in [-0.39, 0.29) is 5.75 Å². The van der Waals surface area contributed by atoms with Gasteiger partial charge in [0, 0.05) is 12.3 Å². The van der Waals surface area contributed by atoms with Crippen LogP contribution in [0, 0.1) is 0 Å². The Hall–Kier alpha value is -3.67. The standard InChI is InChI=1S/C20H16N4O2/c25-18-12-15(26-13-14-6-2-1-3-7-14)9-10-16(18)19-22-20(24-23-19)17-8-4-5-11-21-17/h1-12,25H,13H2,(H,22,23,24). The van der Waals surface area contributed by atoms with Crippen LogP contribution >= 0.6 is 0 Å². The van der Waals surface area contributed by atoms with Crippen molar-refractivity contribution in [3.05, 3.63) is 78.5 Å². The van der Waals surface area contributed by atoms with Gasteiger partial charge in [0.2, 0.25) is 0 Å². The fourth-order valence-electron chi connectivity index (χ4n) is 2.53. The van der Waals surface area contributed by atoms with Crippen LogP contribution in [0.5, 0.6) is 11.5 Å². The summed E-state index contributed by atoms with van der Waals surface area (Å²) in [5, 5.41) is 17.3. The van der Waals surface area contributed by atoms with Crippen LogP contribution in [0.15, 0.2) is 72.9 Å². The average molecular weight is 344 g/mol. The zero-order valence-electron chi connectivity index (χ0n) is 13.8. The highest BCUT2D eigenvalue weighted by Gasteiger charge is 2.13. The lowest BCUT2D eigenvalue weighted by Gasteiger charge is -2.08. The van der Waals surface area contributed by atoms with E-state index in [1.165, 1.54) is 0 Å². The molecule has 0 saturated heterocycles. The summed E-state index contributed by atoms with van der Waals surface area (Å²) in [6.07, 6.45) is 1.69. The molecule has 0 aliphatic heterocycles. The molecular formula is C20H16N4O2. The summed E-state index contributed by atoms with van der Waals surface area (Å²) in [4.78, 5) is 8.63. The summed E-state index contributed by atoms with van der Waals surface area (Å²) in [5.74, 6) is 1.58. The topological polar surface area (TPSA) is 83.9 Å². The number of rotatable bonds is 5. The highest BCUT2D eigenvalue weighted by Crippen LogP contribution is 2.31. The van der Waals surface area contributed by atoms with Gasteiger partial charge in [0.25, 0.3) is 0 Å². The Labute approximate surface area is 150 Å². The number of aromatic hydroxyl groups is 1. The molecule has 0 fully saturated rings. The van der Waals surface area contributed by atoms with Gasteiger partial charge in [-0.2, -0.15) is 5.10 Å². The molecule has 0 aliphatic carbocycles.